The van der Waals surface area contributed by atoms with E-state index in [2.05, 4.69) is 53.6 Å². The lowest BCUT2D eigenvalue weighted by molar-refractivity contribution is 0.256. The van der Waals surface area contributed by atoms with Crippen LogP contribution in [0.4, 0.5) is 0 Å². The topological polar surface area (TPSA) is 51.0 Å². The SMILES string of the molecule is Cc1ccccc1Cc1noc(CC(C)C2CCCNC2)n1. The number of rotatable bonds is 5. The summed E-state index contributed by atoms with van der Waals surface area (Å²) < 4.78 is 5.46. The Bertz CT molecular complexity index is 602. The summed E-state index contributed by atoms with van der Waals surface area (Å²) >= 11 is 0. The van der Waals surface area contributed by atoms with Crippen LogP contribution in [0.5, 0.6) is 0 Å². The van der Waals surface area contributed by atoms with Crippen molar-refractivity contribution in [1.82, 2.24) is 15.5 Å². The largest absolute Gasteiger partial charge is 0.339 e. The van der Waals surface area contributed by atoms with Crippen LogP contribution >= 0.6 is 0 Å². The highest BCUT2D eigenvalue weighted by Gasteiger charge is 2.22. The Labute approximate surface area is 132 Å². The van der Waals surface area contributed by atoms with E-state index in [1.807, 2.05) is 0 Å². The molecule has 0 radical (unpaired) electrons. The van der Waals surface area contributed by atoms with E-state index >= 15 is 0 Å². The molecule has 1 saturated heterocycles. The van der Waals surface area contributed by atoms with E-state index in [-0.39, 0.29) is 0 Å². The zero-order valence-corrected chi connectivity index (χ0v) is 13.5. The van der Waals surface area contributed by atoms with Gasteiger partial charge >= 0.3 is 0 Å². The van der Waals surface area contributed by atoms with Crippen molar-refractivity contribution in [3.05, 3.63) is 47.1 Å². The predicted molar refractivity (Wildman–Crippen MR) is 86.7 cm³/mol. The number of benzene rings is 1. The fraction of sp³-hybridized carbons (Fsp3) is 0.556. The molecule has 1 N–H and O–H groups in total. The summed E-state index contributed by atoms with van der Waals surface area (Å²) in [5, 5.41) is 7.63. The van der Waals surface area contributed by atoms with Crippen LogP contribution in [-0.2, 0) is 12.8 Å². The van der Waals surface area contributed by atoms with E-state index < -0.39 is 0 Å². The Hall–Kier alpha value is -1.68. The molecule has 2 unspecified atom stereocenters. The first kappa shape index (κ1) is 15.2. The molecule has 1 aromatic heterocycles. The molecule has 1 fully saturated rings. The van der Waals surface area contributed by atoms with E-state index in [0.717, 1.165) is 43.6 Å². The van der Waals surface area contributed by atoms with E-state index in [9.17, 15) is 0 Å². The molecule has 4 heteroatoms. The normalized spacial score (nSPS) is 20.0. The summed E-state index contributed by atoms with van der Waals surface area (Å²) in [5.41, 5.74) is 2.54. The van der Waals surface area contributed by atoms with Crippen LogP contribution in [0, 0.1) is 18.8 Å². The van der Waals surface area contributed by atoms with Crippen molar-refractivity contribution < 1.29 is 4.52 Å². The Morgan fingerprint density at radius 3 is 3.00 bits per heavy atom. The van der Waals surface area contributed by atoms with Crippen LogP contribution in [0.25, 0.3) is 0 Å². The van der Waals surface area contributed by atoms with Crippen molar-refractivity contribution in [2.75, 3.05) is 13.1 Å². The van der Waals surface area contributed by atoms with Crippen LogP contribution in [0.1, 0.15) is 42.6 Å². The Kier molecular flexibility index (Phi) is 4.88. The van der Waals surface area contributed by atoms with Crippen molar-refractivity contribution in [1.29, 1.82) is 0 Å². The van der Waals surface area contributed by atoms with Gasteiger partial charge in [-0.2, -0.15) is 4.98 Å². The number of aromatic nitrogens is 2. The van der Waals surface area contributed by atoms with Crippen molar-refractivity contribution in [2.45, 2.75) is 39.5 Å². The van der Waals surface area contributed by atoms with Gasteiger partial charge < -0.3 is 9.84 Å². The van der Waals surface area contributed by atoms with Crippen molar-refractivity contribution >= 4 is 0 Å². The second kappa shape index (κ2) is 7.05. The van der Waals surface area contributed by atoms with E-state index in [1.165, 1.54) is 24.0 Å². The number of hydrogen-bond donors (Lipinski definition) is 1. The summed E-state index contributed by atoms with van der Waals surface area (Å²) in [7, 11) is 0. The third kappa shape index (κ3) is 3.74. The van der Waals surface area contributed by atoms with Gasteiger partial charge in [0.25, 0.3) is 0 Å². The number of nitrogens with one attached hydrogen (secondary N) is 1. The molecule has 22 heavy (non-hydrogen) atoms. The lowest BCUT2D eigenvalue weighted by atomic mass is 9.85. The van der Waals surface area contributed by atoms with Gasteiger partial charge in [-0.25, -0.2) is 0 Å². The van der Waals surface area contributed by atoms with E-state index in [4.69, 9.17) is 4.52 Å². The lowest BCUT2D eigenvalue weighted by Crippen LogP contribution is -2.33. The van der Waals surface area contributed by atoms with Gasteiger partial charge in [0, 0.05) is 12.8 Å². The van der Waals surface area contributed by atoms with Crippen molar-refractivity contribution in [2.24, 2.45) is 11.8 Å². The molecule has 1 aromatic carbocycles. The van der Waals surface area contributed by atoms with Crippen LogP contribution in [0.2, 0.25) is 0 Å². The van der Waals surface area contributed by atoms with Crippen molar-refractivity contribution in [3.63, 3.8) is 0 Å². The highest BCUT2D eigenvalue weighted by atomic mass is 16.5. The van der Waals surface area contributed by atoms with Gasteiger partial charge in [0.15, 0.2) is 5.82 Å². The molecule has 3 rings (SSSR count). The fourth-order valence-electron chi connectivity index (χ4n) is 3.23. The van der Waals surface area contributed by atoms with Crippen molar-refractivity contribution in [3.8, 4) is 0 Å². The molecule has 1 aliphatic rings. The number of hydrogen-bond acceptors (Lipinski definition) is 4. The van der Waals surface area contributed by atoms with Gasteiger partial charge in [-0.05, 0) is 55.8 Å². The van der Waals surface area contributed by atoms with Gasteiger partial charge in [0.2, 0.25) is 5.89 Å². The maximum atomic E-state index is 5.46. The van der Waals surface area contributed by atoms with Crippen LogP contribution in [0.15, 0.2) is 28.8 Å². The molecule has 4 nitrogen and oxygen atoms in total. The minimum atomic E-state index is 0.583. The zero-order valence-electron chi connectivity index (χ0n) is 13.5. The maximum Gasteiger partial charge on any atom is 0.226 e. The first-order valence-electron chi connectivity index (χ1n) is 8.29. The molecule has 0 amide bonds. The quantitative estimate of drug-likeness (QED) is 0.921. The number of aryl methyl sites for hydroxylation is 1. The minimum absolute atomic E-state index is 0.583. The van der Waals surface area contributed by atoms with Gasteiger partial charge in [0.05, 0.1) is 0 Å². The molecule has 0 bridgehead atoms. The molecule has 0 spiro atoms. The molecular formula is C18H25N3O. The molecule has 118 valence electrons. The van der Waals surface area contributed by atoms with Crippen LogP contribution in [-0.4, -0.2) is 23.2 Å². The third-order valence-electron chi connectivity index (χ3n) is 4.76. The standard InChI is InChI=1S/C18H25N3O/c1-13-6-3-4-7-15(13)11-17-20-18(22-21-17)10-14(2)16-8-5-9-19-12-16/h3-4,6-7,14,16,19H,5,8-12H2,1-2H3. The van der Waals surface area contributed by atoms with Gasteiger partial charge in [0.1, 0.15) is 0 Å². The molecular weight excluding hydrogens is 274 g/mol. The first-order valence-corrected chi connectivity index (χ1v) is 8.29. The Balaban J connectivity index is 1.60. The molecule has 0 saturated carbocycles. The van der Waals surface area contributed by atoms with Gasteiger partial charge in [-0.3, -0.25) is 0 Å². The summed E-state index contributed by atoms with van der Waals surface area (Å²) in [5.74, 6) is 2.87. The van der Waals surface area contributed by atoms with E-state index in [0.29, 0.717) is 5.92 Å². The van der Waals surface area contributed by atoms with Crippen LogP contribution < -0.4 is 5.32 Å². The molecule has 1 aliphatic heterocycles. The first-order chi connectivity index (χ1) is 10.7. The second-order valence-corrected chi connectivity index (χ2v) is 6.50. The summed E-state index contributed by atoms with van der Waals surface area (Å²) in [6.45, 7) is 6.69. The van der Waals surface area contributed by atoms with Gasteiger partial charge in [-0.1, -0.05) is 36.3 Å². The molecule has 2 atom stereocenters. The summed E-state index contributed by atoms with van der Waals surface area (Å²) in [6, 6.07) is 8.36. The summed E-state index contributed by atoms with van der Waals surface area (Å²) in [4.78, 5) is 4.58. The van der Waals surface area contributed by atoms with Gasteiger partial charge in [-0.15, -0.1) is 0 Å². The predicted octanol–water partition coefficient (Wildman–Crippen LogP) is 3.15. The fourth-order valence-corrected chi connectivity index (χ4v) is 3.23. The Morgan fingerprint density at radius 1 is 1.36 bits per heavy atom. The monoisotopic (exact) mass is 299 g/mol. The molecule has 0 aliphatic carbocycles. The number of piperidine rings is 1. The Morgan fingerprint density at radius 2 is 2.23 bits per heavy atom. The average molecular weight is 299 g/mol. The third-order valence-corrected chi connectivity index (χ3v) is 4.76. The zero-order chi connectivity index (χ0) is 15.4. The molecule has 2 heterocycles. The van der Waals surface area contributed by atoms with E-state index in [1.54, 1.807) is 0 Å². The highest BCUT2D eigenvalue weighted by Crippen LogP contribution is 2.23. The second-order valence-electron chi connectivity index (χ2n) is 6.50. The highest BCUT2D eigenvalue weighted by molar-refractivity contribution is 5.27. The minimum Gasteiger partial charge on any atom is -0.339 e. The lowest BCUT2D eigenvalue weighted by Gasteiger charge is -2.27. The average Bonchev–Trinajstić information content (AvgIpc) is 2.97. The summed E-state index contributed by atoms with van der Waals surface area (Å²) in [6.07, 6.45) is 4.21. The van der Waals surface area contributed by atoms with Crippen LogP contribution in [0.3, 0.4) is 0 Å². The number of nitrogens with zero attached hydrogens (tertiary/aromatic N) is 2. The smallest absolute Gasteiger partial charge is 0.226 e. The molecule has 2 aromatic rings. The maximum absolute atomic E-state index is 5.46.